The number of nitrogen functional groups attached to an aromatic ring is 1. The van der Waals surface area contributed by atoms with Gasteiger partial charge < -0.3 is 14.7 Å². The lowest BCUT2D eigenvalue weighted by Crippen LogP contribution is -1.89. The topological polar surface area (TPSA) is 65.2 Å². The predicted octanol–water partition coefficient (Wildman–Crippen LogP) is 3.49. The van der Waals surface area contributed by atoms with E-state index in [-0.39, 0.29) is 0 Å². The van der Waals surface area contributed by atoms with Gasteiger partial charge in [0.1, 0.15) is 0 Å². The molecule has 2 N–H and O–H groups in total. The molecule has 0 aliphatic rings. The Morgan fingerprint density at radius 1 is 1.11 bits per heavy atom. The summed E-state index contributed by atoms with van der Waals surface area (Å²) in [6, 6.07) is 11.6. The normalized spacial score (nSPS) is 10.7. The number of hydrogen-bond donors (Lipinski definition) is 1. The van der Waals surface area contributed by atoms with E-state index in [2.05, 4.69) is 5.16 Å². The van der Waals surface area contributed by atoms with Crippen molar-refractivity contribution in [2.75, 3.05) is 5.73 Å². The smallest absolute Gasteiger partial charge is 0.230 e. The van der Waals surface area contributed by atoms with E-state index < -0.39 is 0 Å². The van der Waals surface area contributed by atoms with Gasteiger partial charge in [0, 0.05) is 0 Å². The summed E-state index contributed by atoms with van der Waals surface area (Å²) in [5.41, 5.74) is 9.40. The van der Waals surface area contributed by atoms with Crippen LogP contribution in [-0.2, 0) is 0 Å². The SMILES string of the molecule is Cc1ccccc1-c1c(-c2ccco2)noc1N. The maximum Gasteiger partial charge on any atom is 0.230 e. The van der Waals surface area contributed by atoms with E-state index >= 15 is 0 Å². The second kappa shape index (κ2) is 4.07. The van der Waals surface area contributed by atoms with Crippen molar-refractivity contribution in [1.82, 2.24) is 5.16 Å². The fourth-order valence-electron chi connectivity index (χ4n) is 2.00. The molecule has 0 aliphatic carbocycles. The summed E-state index contributed by atoms with van der Waals surface area (Å²) in [6.07, 6.45) is 1.60. The minimum absolute atomic E-state index is 0.302. The molecular formula is C14H12N2O2. The first kappa shape index (κ1) is 10.7. The van der Waals surface area contributed by atoms with E-state index in [0.29, 0.717) is 17.3 Å². The molecule has 4 heteroatoms. The monoisotopic (exact) mass is 240 g/mol. The number of nitrogens with two attached hydrogens (primary N) is 1. The van der Waals surface area contributed by atoms with E-state index in [0.717, 1.165) is 16.7 Å². The van der Waals surface area contributed by atoms with Crippen LogP contribution in [-0.4, -0.2) is 5.16 Å². The number of hydrogen-bond acceptors (Lipinski definition) is 4. The van der Waals surface area contributed by atoms with Crippen LogP contribution in [0.5, 0.6) is 0 Å². The third-order valence-corrected chi connectivity index (χ3v) is 2.89. The van der Waals surface area contributed by atoms with Gasteiger partial charge in [-0.2, -0.15) is 0 Å². The molecule has 0 aliphatic heterocycles. The quantitative estimate of drug-likeness (QED) is 0.744. The fraction of sp³-hybridized carbons (Fsp3) is 0.0714. The molecule has 0 bridgehead atoms. The highest BCUT2D eigenvalue weighted by atomic mass is 16.5. The van der Waals surface area contributed by atoms with E-state index in [1.165, 1.54) is 0 Å². The number of benzene rings is 1. The third-order valence-electron chi connectivity index (χ3n) is 2.89. The van der Waals surface area contributed by atoms with E-state index in [9.17, 15) is 0 Å². The van der Waals surface area contributed by atoms with Crippen molar-refractivity contribution in [2.45, 2.75) is 6.92 Å². The average Bonchev–Trinajstić information content (AvgIpc) is 2.99. The van der Waals surface area contributed by atoms with Crippen LogP contribution in [0, 0.1) is 6.92 Å². The van der Waals surface area contributed by atoms with Crippen LogP contribution in [0.2, 0.25) is 0 Å². The maximum atomic E-state index is 5.88. The van der Waals surface area contributed by atoms with Gasteiger partial charge in [0.2, 0.25) is 5.88 Å². The minimum atomic E-state index is 0.302. The largest absolute Gasteiger partial charge is 0.463 e. The number of aryl methyl sites for hydroxylation is 1. The highest BCUT2D eigenvalue weighted by molar-refractivity contribution is 5.86. The van der Waals surface area contributed by atoms with Crippen molar-refractivity contribution in [3.8, 4) is 22.6 Å². The first-order chi connectivity index (χ1) is 8.77. The Balaban J connectivity index is 2.24. The maximum absolute atomic E-state index is 5.88. The Labute approximate surface area is 104 Å². The van der Waals surface area contributed by atoms with Crippen LogP contribution in [0.25, 0.3) is 22.6 Å². The van der Waals surface area contributed by atoms with Gasteiger partial charge in [0.25, 0.3) is 0 Å². The Morgan fingerprint density at radius 2 is 1.94 bits per heavy atom. The van der Waals surface area contributed by atoms with Crippen molar-refractivity contribution in [1.29, 1.82) is 0 Å². The van der Waals surface area contributed by atoms with Gasteiger partial charge in [-0.1, -0.05) is 29.4 Å². The second-order valence-corrected chi connectivity index (χ2v) is 4.06. The molecule has 0 saturated carbocycles. The molecule has 0 atom stereocenters. The van der Waals surface area contributed by atoms with Gasteiger partial charge in [-0.15, -0.1) is 0 Å². The molecule has 0 spiro atoms. The number of rotatable bonds is 2. The van der Waals surface area contributed by atoms with Crippen molar-refractivity contribution < 1.29 is 8.94 Å². The number of nitrogens with zero attached hydrogens (tertiary/aromatic N) is 1. The average molecular weight is 240 g/mol. The number of aromatic nitrogens is 1. The standard InChI is InChI=1S/C14H12N2O2/c1-9-5-2-3-6-10(9)12-13(16-18-14(12)15)11-7-4-8-17-11/h2-8H,15H2,1H3. The predicted molar refractivity (Wildman–Crippen MR) is 68.8 cm³/mol. The van der Waals surface area contributed by atoms with E-state index in [1.54, 1.807) is 6.26 Å². The molecule has 18 heavy (non-hydrogen) atoms. The summed E-state index contributed by atoms with van der Waals surface area (Å²) in [4.78, 5) is 0. The number of furan rings is 1. The summed E-state index contributed by atoms with van der Waals surface area (Å²) >= 11 is 0. The molecule has 2 heterocycles. The van der Waals surface area contributed by atoms with Gasteiger partial charge in [-0.3, -0.25) is 0 Å². The lowest BCUT2D eigenvalue weighted by molar-refractivity contribution is 0.436. The summed E-state index contributed by atoms with van der Waals surface area (Å²) in [5.74, 6) is 0.949. The molecule has 3 rings (SSSR count). The molecule has 0 radical (unpaired) electrons. The molecule has 90 valence electrons. The van der Waals surface area contributed by atoms with Gasteiger partial charge in [0.15, 0.2) is 11.5 Å². The zero-order valence-electron chi connectivity index (χ0n) is 9.88. The van der Waals surface area contributed by atoms with Gasteiger partial charge >= 0.3 is 0 Å². The van der Waals surface area contributed by atoms with Crippen LogP contribution >= 0.6 is 0 Å². The molecule has 1 aromatic carbocycles. The van der Waals surface area contributed by atoms with Crippen molar-refractivity contribution >= 4 is 5.88 Å². The van der Waals surface area contributed by atoms with Crippen LogP contribution < -0.4 is 5.73 Å². The Bertz CT molecular complexity index is 669. The van der Waals surface area contributed by atoms with Crippen LogP contribution in [0.3, 0.4) is 0 Å². The van der Waals surface area contributed by atoms with Crippen molar-refractivity contribution in [3.63, 3.8) is 0 Å². The van der Waals surface area contributed by atoms with Crippen molar-refractivity contribution in [2.24, 2.45) is 0 Å². The van der Waals surface area contributed by atoms with Crippen LogP contribution in [0.1, 0.15) is 5.56 Å². The first-order valence-electron chi connectivity index (χ1n) is 5.62. The summed E-state index contributed by atoms with van der Waals surface area (Å²) in [5, 5.41) is 3.98. The summed E-state index contributed by atoms with van der Waals surface area (Å²) in [7, 11) is 0. The Hall–Kier alpha value is -2.49. The van der Waals surface area contributed by atoms with Gasteiger partial charge in [-0.05, 0) is 30.2 Å². The molecule has 3 aromatic rings. The zero-order chi connectivity index (χ0) is 12.5. The molecule has 0 fully saturated rings. The Morgan fingerprint density at radius 3 is 2.67 bits per heavy atom. The van der Waals surface area contributed by atoms with Gasteiger partial charge in [0.05, 0.1) is 11.8 Å². The molecule has 4 nitrogen and oxygen atoms in total. The van der Waals surface area contributed by atoms with E-state index in [1.807, 2.05) is 43.3 Å². The molecular weight excluding hydrogens is 228 g/mol. The molecule has 0 saturated heterocycles. The third kappa shape index (κ3) is 1.59. The van der Waals surface area contributed by atoms with Gasteiger partial charge in [-0.25, -0.2) is 0 Å². The zero-order valence-corrected chi connectivity index (χ0v) is 9.88. The van der Waals surface area contributed by atoms with E-state index in [4.69, 9.17) is 14.7 Å². The minimum Gasteiger partial charge on any atom is -0.463 e. The lowest BCUT2D eigenvalue weighted by Gasteiger charge is -2.04. The lowest BCUT2D eigenvalue weighted by atomic mass is 10.00. The first-order valence-corrected chi connectivity index (χ1v) is 5.62. The summed E-state index contributed by atoms with van der Waals surface area (Å²) in [6.45, 7) is 2.02. The number of anilines is 1. The molecule has 0 unspecified atom stereocenters. The molecule has 2 aromatic heterocycles. The highest BCUT2D eigenvalue weighted by Gasteiger charge is 2.20. The second-order valence-electron chi connectivity index (χ2n) is 4.06. The summed E-state index contributed by atoms with van der Waals surface area (Å²) < 4.78 is 10.5. The fourth-order valence-corrected chi connectivity index (χ4v) is 2.00. The highest BCUT2D eigenvalue weighted by Crippen LogP contribution is 2.37. The van der Waals surface area contributed by atoms with Crippen molar-refractivity contribution in [3.05, 3.63) is 48.2 Å². The van der Waals surface area contributed by atoms with Crippen LogP contribution in [0.15, 0.2) is 51.6 Å². The molecule has 0 amide bonds. The Kier molecular flexibility index (Phi) is 2.41. The van der Waals surface area contributed by atoms with Crippen LogP contribution in [0.4, 0.5) is 5.88 Å².